The van der Waals surface area contributed by atoms with E-state index in [1.165, 1.54) is 49.3 Å². The van der Waals surface area contributed by atoms with E-state index in [1.54, 1.807) is 31.2 Å². The van der Waals surface area contributed by atoms with E-state index in [9.17, 15) is 28.1 Å². The fraction of sp³-hybridized carbons (Fsp3) is 0.355. The monoisotopic (exact) mass is 678 g/mol. The van der Waals surface area contributed by atoms with Gasteiger partial charge in [0.15, 0.2) is 0 Å². The number of nitrogens with zero attached hydrogens (tertiary/aromatic N) is 3. The van der Waals surface area contributed by atoms with Crippen LogP contribution in [0.5, 0.6) is 5.75 Å². The Hall–Kier alpha value is -3.87. The normalized spacial score (nSPS) is 12.6. The Morgan fingerprint density at radius 1 is 1.00 bits per heavy atom. The predicted octanol–water partition coefficient (Wildman–Crippen LogP) is 6.14. The molecule has 0 saturated heterocycles. The zero-order valence-electron chi connectivity index (χ0n) is 25.6. The molecule has 0 fully saturated rings. The number of carbonyl (C=O) groups excluding carboxylic acids is 2. The summed E-state index contributed by atoms with van der Waals surface area (Å²) in [5.41, 5.74) is 0.447. The summed E-state index contributed by atoms with van der Waals surface area (Å²) >= 11 is 12.3. The molecular weight excluding hydrogens is 643 g/mol. The van der Waals surface area contributed by atoms with Gasteiger partial charge in [0, 0.05) is 34.3 Å². The topological polar surface area (TPSA) is 139 Å². The van der Waals surface area contributed by atoms with Crippen LogP contribution in [0.4, 0.5) is 11.4 Å². The number of nitro benzene ring substituents is 1. The third-order valence-electron chi connectivity index (χ3n) is 7.31. The van der Waals surface area contributed by atoms with Crippen molar-refractivity contribution in [2.75, 3.05) is 18.0 Å². The van der Waals surface area contributed by atoms with Crippen LogP contribution < -0.4 is 14.4 Å². The van der Waals surface area contributed by atoms with Crippen molar-refractivity contribution in [3.8, 4) is 5.75 Å². The van der Waals surface area contributed by atoms with Gasteiger partial charge in [0.2, 0.25) is 11.8 Å². The summed E-state index contributed by atoms with van der Waals surface area (Å²) in [6.07, 6.45) is 0.898. The molecule has 0 spiro atoms. The van der Waals surface area contributed by atoms with E-state index in [1.807, 2.05) is 13.8 Å². The van der Waals surface area contributed by atoms with Gasteiger partial charge in [-0.15, -0.1) is 0 Å². The van der Waals surface area contributed by atoms with Crippen molar-refractivity contribution in [1.82, 2.24) is 10.2 Å². The van der Waals surface area contributed by atoms with Gasteiger partial charge >= 0.3 is 0 Å². The minimum absolute atomic E-state index is 0.0288. The van der Waals surface area contributed by atoms with E-state index in [0.717, 1.165) is 10.4 Å². The molecular formula is C31H36Cl2N4O7S. The minimum atomic E-state index is -4.63. The summed E-state index contributed by atoms with van der Waals surface area (Å²) in [6.45, 7) is 6.19. The first-order valence-electron chi connectivity index (χ1n) is 14.2. The molecule has 0 aromatic heterocycles. The van der Waals surface area contributed by atoms with Crippen molar-refractivity contribution < 1.29 is 27.7 Å². The smallest absolute Gasteiger partial charge is 0.273 e. The van der Waals surface area contributed by atoms with Crippen LogP contribution in [0.3, 0.4) is 0 Å². The molecule has 2 amide bonds. The molecule has 0 unspecified atom stereocenters. The molecule has 11 nitrogen and oxygen atoms in total. The van der Waals surface area contributed by atoms with Gasteiger partial charge in [0.25, 0.3) is 15.7 Å². The molecule has 242 valence electrons. The number of nitrogens with one attached hydrogen (secondary N) is 1. The van der Waals surface area contributed by atoms with Gasteiger partial charge in [0.1, 0.15) is 18.3 Å². The maximum Gasteiger partial charge on any atom is 0.273 e. The number of carbonyl (C=O) groups is 2. The van der Waals surface area contributed by atoms with Crippen LogP contribution in [0, 0.1) is 17.0 Å². The van der Waals surface area contributed by atoms with Crippen molar-refractivity contribution in [3.63, 3.8) is 0 Å². The number of rotatable bonds is 14. The highest BCUT2D eigenvalue weighted by molar-refractivity contribution is 7.92. The molecule has 45 heavy (non-hydrogen) atoms. The Kier molecular flexibility index (Phi) is 12.2. The highest BCUT2D eigenvalue weighted by atomic mass is 35.5. The molecule has 1 N–H and O–H groups in total. The first-order chi connectivity index (χ1) is 21.2. The van der Waals surface area contributed by atoms with Crippen LogP contribution in [0.1, 0.15) is 44.7 Å². The zero-order chi connectivity index (χ0) is 33.5. The first-order valence-corrected chi connectivity index (χ1v) is 16.4. The lowest BCUT2D eigenvalue weighted by molar-refractivity contribution is -0.385. The van der Waals surface area contributed by atoms with Crippen molar-refractivity contribution >= 4 is 56.4 Å². The summed E-state index contributed by atoms with van der Waals surface area (Å²) in [5.74, 6) is -1.01. The Morgan fingerprint density at radius 3 is 2.22 bits per heavy atom. The van der Waals surface area contributed by atoms with E-state index in [-0.39, 0.29) is 41.0 Å². The highest BCUT2D eigenvalue weighted by Gasteiger charge is 2.36. The maximum atomic E-state index is 14.3. The van der Waals surface area contributed by atoms with Crippen molar-refractivity contribution in [2.24, 2.45) is 0 Å². The molecule has 3 aromatic carbocycles. The number of aryl methyl sites for hydroxylation is 1. The van der Waals surface area contributed by atoms with Crippen LogP contribution >= 0.6 is 23.2 Å². The van der Waals surface area contributed by atoms with Crippen LogP contribution in [0.2, 0.25) is 10.0 Å². The minimum Gasteiger partial charge on any atom is -0.495 e. The van der Waals surface area contributed by atoms with Gasteiger partial charge in [0.05, 0.1) is 22.6 Å². The summed E-state index contributed by atoms with van der Waals surface area (Å²) in [7, 11) is -3.31. The van der Waals surface area contributed by atoms with Crippen molar-refractivity contribution in [2.45, 2.75) is 64.1 Å². The van der Waals surface area contributed by atoms with E-state index in [0.29, 0.717) is 17.0 Å². The predicted molar refractivity (Wildman–Crippen MR) is 174 cm³/mol. The maximum absolute atomic E-state index is 14.3. The van der Waals surface area contributed by atoms with Crippen LogP contribution in [0.25, 0.3) is 0 Å². The molecule has 14 heteroatoms. The summed E-state index contributed by atoms with van der Waals surface area (Å²) in [6, 6.07) is 13.4. The van der Waals surface area contributed by atoms with Gasteiger partial charge in [-0.05, 0) is 68.7 Å². The van der Waals surface area contributed by atoms with Crippen LogP contribution in [-0.2, 0) is 26.2 Å². The first kappa shape index (κ1) is 35.6. The number of benzene rings is 3. The van der Waals surface area contributed by atoms with Crippen LogP contribution in [0.15, 0.2) is 65.6 Å². The second-order valence-electron chi connectivity index (χ2n) is 10.4. The average molecular weight is 680 g/mol. The molecule has 0 aliphatic rings. The van der Waals surface area contributed by atoms with Crippen molar-refractivity contribution in [1.29, 1.82) is 0 Å². The lowest BCUT2D eigenvalue weighted by atomic mass is 10.1. The highest BCUT2D eigenvalue weighted by Crippen LogP contribution is 2.36. The number of halogens is 2. The SMILES string of the molecule is CC[C@@H](C)NC(=O)[C@@H](CC)N(Cc1ccc(Cl)cc1)C(=O)CN(c1cc(Cl)ccc1OC)S(=O)(=O)c1ccc(C)c([N+](=O)[O-])c1. The number of nitro groups is 1. The molecule has 0 aliphatic carbocycles. The molecule has 3 aromatic rings. The van der Waals surface area contributed by atoms with E-state index in [4.69, 9.17) is 27.9 Å². The lowest BCUT2D eigenvalue weighted by Crippen LogP contribution is -2.53. The number of methoxy groups -OCH3 is 1. The number of anilines is 1. The third-order valence-corrected chi connectivity index (χ3v) is 9.55. The largest absolute Gasteiger partial charge is 0.495 e. The fourth-order valence-corrected chi connectivity index (χ4v) is 6.32. The summed E-state index contributed by atoms with van der Waals surface area (Å²) in [5, 5.41) is 15.2. The average Bonchev–Trinajstić information content (AvgIpc) is 3.00. The fourth-order valence-electron chi connectivity index (χ4n) is 4.59. The van der Waals surface area contributed by atoms with E-state index < -0.39 is 49.9 Å². The third kappa shape index (κ3) is 8.65. The molecule has 2 atom stereocenters. The standard InChI is InChI=1S/C31H36Cl2N4O7S/c1-6-21(4)34-31(39)26(7-2)35(18-22-9-11-23(32)12-10-22)30(38)19-36(28-16-24(33)13-15-29(28)44-5)45(42,43)25-14-8-20(3)27(17-25)37(40)41/h8-17,21,26H,6-7,18-19H2,1-5H3,(H,34,39)/t21-,26-/m1/s1. The van der Waals surface area contributed by atoms with Gasteiger partial charge in [-0.25, -0.2) is 8.42 Å². The zero-order valence-corrected chi connectivity index (χ0v) is 27.9. The van der Waals surface area contributed by atoms with E-state index >= 15 is 0 Å². The number of sulfonamides is 1. The van der Waals surface area contributed by atoms with Gasteiger partial charge in [-0.3, -0.25) is 24.0 Å². The number of amides is 2. The molecule has 0 saturated carbocycles. The van der Waals surface area contributed by atoms with Gasteiger partial charge in [-0.1, -0.05) is 55.2 Å². The number of hydrogen-bond acceptors (Lipinski definition) is 7. The molecule has 0 aliphatic heterocycles. The summed E-state index contributed by atoms with van der Waals surface area (Å²) in [4.78, 5) is 39.6. The Balaban J connectivity index is 2.18. The molecule has 0 radical (unpaired) electrons. The number of ether oxygens (including phenoxy) is 1. The lowest BCUT2D eigenvalue weighted by Gasteiger charge is -2.34. The second kappa shape index (κ2) is 15.4. The Morgan fingerprint density at radius 2 is 1.64 bits per heavy atom. The molecule has 3 rings (SSSR count). The van der Waals surface area contributed by atoms with Crippen molar-refractivity contribution in [3.05, 3.63) is 92.0 Å². The Bertz CT molecular complexity index is 1650. The van der Waals surface area contributed by atoms with E-state index in [2.05, 4.69) is 5.32 Å². The summed E-state index contributed by atoms with van der Waals surface area (Å²) < 4.78 is 34.7. The van der Waals surface area contributed by atoms with Gasteiger partial charge < -0.3 is 15.0 Å². The second-order valence-corrected chi connectivity index (χ2v) is 13.2. The number of hydrogen-bond donors (Lipinski definition) is 1. The quantitative estimate of drug-likeness (QED) is 0.160. The molecule has 0 heterocycles. The molecule has 0 bridgehead atoms. The van der Waals surface area contributed by atoms with Crippen LogP contribution in [-0.4, -0.2) is 55.8 Å². The van der Waals surface area contributed by atoms with Gasteiger partial charge in [-0.2, -0.15) is 0 Å². The Labute approximate surface area is 273 Å².